The summed E-state index contributed by atoms with van der Waals surface area (Å²) < 4.78 is 127. The van der Waals surface area contributed by atoms with Crippen molar-refractivity contribution in [2.24, 2.45) is 0 Å². The van der Waals surface area contributed by atoms with E-state index in [0.717, 1.165) is 0 Å². The first kappa shape index (κ1) is 7.69. The van der Waals surface area contributed by atoms with E-state index in [4.69, 9.17) is 30.8 Å². The van der Waals surface area contributed by atoms with Crippen LogP contribution in [-0.4, -0.2) is 34.7 Å². The second kappa shape index (κ2) is 7.83. The van der Waals surface area contributed by atoms with Crippen LogP contribution in [-0.2, 0) is 6.42 Å². The molecule has 1 aromatic heterocycles. The van der Waals surface area contributed by atoms with Crippen LogP contribution in [0.4, 0.5) is 0 Å². The Kier molecular flexibility index (Phi) is 2.23. The number of rotatable bonds is 3. The normalized spacial score (nSPS) is 38.7. The van der Waals surface area contributed by atoms with Gasteiger partial charge in [0.15, 0.2) is 0 Å². The Labute approximate surface area is 185 Å². The summed E-state index contributed by atoms with van der Waals surface area (Å²) in [7, 11) is 0.697. The summed E-state index contributed by atoms with van der Waals surface area (Å²) in [6, 6.07) is -0.723. The van der Waals surface area contributed by atoms with Crippen LogP contribution in [0.1, 0.15) is 57.0 Å². The Morgan fingerprint density at radius 2 is 1.96 bits per heavy atom. The maximum Gasteiger partial charge on any atom is 0.274 e. The van der Waals surface area contributed by atoms with Crippen molar-refractivity contribution in [2.45, 2.75) is 31.6 Å². The molecule has 0 N–H and O–H groups in total. The lowest BCUT2D eigenvalue weighted by molar-refractivity contribution is 0.334. The molecule has 2 heterocycles. The van der Waals surface area contributed by atoms with Gasteiger partial charge < -0.3 is 4.90 Å². The Morgan fingerprint density at radius 1 is 1.22 bits per heavy atom. The van der Waals surface area contributed by atoms with Gasteiger partial charge >= 0.3 is 0 Å². The molecule has 1 aliphatic heterocycles. The van der Waals surface area contributed by atoms with Gasteiger partial charge in [0, 0.05) is 30.5 Å². The number of likely N-dealkylation sites (tertiary alicyclic amines) is 1. The van der Waals surface area contributed by atoms with Crippen molar-refractivity contribution in [1.29, 1.82) is 0 Å². The molecule has 0 amide bonds. The molecule has 0 saturated carbocycles. The summed E-state index contributed by atoms with van der Waals surface area (Å²) in [6.45, 7) is -7.14. The third-order valence-electron chi connectivity index (χ3n) is 3.83. The van der Waals surface area contributed by atoms with Crippen molar-refractivity contribution >= 4 is 22.4 Å². The summed E-state index contributed by atoms with van der Waals surface area (Å²) in [5.41, 5.74) is -1.84. The van der Waals surface area contributed by atoms with Gasteiger partial charge in [0.1, 0.15) is 0 Å². The number of nitrogens with zero attached hydrogens (tertiary/aromatic N) is 3. The minimum Gasteiger partial charge on any atom is -0.306 e. The number of hydrogen-bond acceptors (Lipinski definition) is 3. The van der Waals surface area contributed by atoms with Crippen LogP contribution in [0.15, 0.2) is 53.2 Å². The van der Waals surface area contributed by atoms with Gasteiger partial charge in [-0.25, -0.2) is 4.68 Å². The second-order valence-corrected chi connectivity index (χ2v) is 6.06. The largest absolute Gasteiger partial charge is 0.306 e. The molecule has 2 aromatic carbocycles. The van der Waals surface area contributed by atoms with E-state index in [1.807, 2.05) is 0 Å². The van der Waals surface area contributed by atoms with E-state index in [0.29, 0.717) is 7.05 Å². The molecule has 1 saturated heterocycles. The molecule has 0 aliphatic carbocycles. The topological polar surface area (TPSA) is 38.1 Å². The Balaban J connectivity index is 2.17. The highest BCUT2D eigenvalue weighted by Gasteiger charge is 2.21. The standard InChI is InChI=1S/C22H24ClN3O/c1-25-13-4-5-18(12-14-25)26-22(27)20-7-3-2-6-19(20)21(24-26)15-16-8-10-17(23)11-9-16/h2-3,6-11,18H,4-5,12-15H2,1H3/i4D2,5D2,8D,9D,10D,11D,12D2,13D2,14D2,18D. The van der Waals surface area contributed by atoms with Crippen molar-refractivity contribution in [3.8, 4) is 0 Å². The SMILES string of the molecule is [2H]c1c([2H])c(Cc2nn(C3([2H])C([2H])([2H])C([2H])([2H])N(C)C([2H])([2H])C([2H])([2H])C3([2H])[2H])c(=O)c3ccccc23)c([2H])c([2H])c1Cl. The van der Waals surface area contributed by atoms with E-state index in [1.54, 1.807) is 0 Å². The maximum atomic E-state index is 13.8. The fraction of sp³-hybridized carbons (Fsp3) is 0.364. The Hall–Kier alpha value is -2.17. The third kappa shape index (κ3) is 3.92. The van der Waals surface area contributed by atoms with Gasteiger partial charge in [-0.3, -0.25) is 4.79 Å². The van der Waals surface area contributed by atoms with Gasteiger partial charge in [-0.1, -0.05) is 41.9 Å². The molecule has 5 heteroatoms. The van der Waals surface area contributed by atoms with Gasteiger partial charge in [-0.2, -0.15) is 5.10 Å². The second-order valence-electron chi connectivity index (χ2n) is 5.68. The van der Waals surface area contributed by atoms with Gasteiger partial charge in [-0.15, -0.1) is 0 Å². The van der Waals surface area contributed by atoms with Crippen LogP contribution in [0.25, 0.3) is 10.8 Å². The highest BCUT2D eigenvalue weighted by Crippen LogP contribution is 2.23. The summed E-state index contributed by atoms with van der Waals surface area (Å²) in [6.07, 6.45) is -12.2. The van der Waals surface area contributed by atoms with Gasteiger partial charge in [-0.05, 0) is 62.9 Å². The number of fused-ring (bicyclic) bond motifs is 1. The molecule has 4 nitrogen and oxygen atoms in total. The van der Waals surface area contributed by atoms with E-state index in [9.17, 15) is 6.17 Å². The number of aromatic nitrogens is 2. The number of benzene rings is 2. The van der Waals surface area contributed by atoms with Crippen LogP contribution in [0, 0.1) is 0 Å². The van der Waals surface area contributed by atoms with Crippen molar-refractivity contribution in [3.05, 3.63) is 75.1 Å². The molecule has 1 atom stereocenters. The molecule has 0 radical (unpaired) electrons. The monoisotopic (exact) mass is 396 g/mol. The lowest BCUT2D eigenvalue weighted by atomic mass is 10.0. The molecule has 3 aromatic rings. The smallest absolute Gasteiger partial charge is 0.274 e. The highest BCUT2D eigenvalue weighted by molar-refractivity contribution is 6.30. The molecule has 1 fully saturated rings. The quantitative estimate of drug-likeness (QED) is 0.662. The summed E-state index contributed by atoms with van der Waals surface area (Å²) in [4.78, 5) is 13.8. The number of hydrogen-bond donors (Lipinski definition) is 0. The molecule has 0 spiro atoms. The van der Waals surface area contributed by atoms with E-state index < -0.39 is 79.3 Å². The van der Waals surface area contributed by atoms with Crippen molar-refractivity contribution in [2.75, 3.05) is 20.0 Å². The van der Waals surface area contributed by atoms with E-state index in [2.05, 4.69) is 5.10 Å². The lowest BCUT2D eigenvalue weighted by Gasteiger charge is -2.19. The van der Waals surface area contributed by atoms with Gasteiger partial charge in [0.2, 0.25) is 0 Å². The molecule has 27 heavy (non-hydrogen) atoms. The first-order valence-corrected chi connectivity index (χ1v) is 8.32. The lowest BCUT2D eigenvalue weighted by Crippen LogP contribution is -2.29. The fourth-order valence-electron chi connectivity index (χ4n) is 2.59. The molecule has 1 aliphatic rings. The van der Waals surface area contributed by atoms with Crippen molar-refractivity contribution in [3.63, 3.8) is 0 Å². The van der Waals surface area contributed by atoms with Crippen molar-refractivity contribution in [1.82, 2.24) is 14.7 Å². The first-order valence-electron chi connectivity index (χ1n) is 15.4. The van der Waals surface area contributed by atoms with Crippen LogP contribution in [0.2, 0.25) is 5.02 Å². The molecule has 140 valence electrons. The van der Waals surface area contributed by atoms with E-state index in [1.165, 1.54) is 24.3 Å². The minimum absolute atomic E-state index is 0.0130. The predicted octanol–water partition coefficient (Wildman–Crippen LogP) is 4.30. The zero-order valence-corrected chi connectivity index (χ0v) is 14.9. The summed E-state index contributed by atoms with van der Waals surface area (Å²) in [5, 5.41) is 3.34. The maximum absolute atomic E-state index is 13.8. The fourth-order valence-corrected chi connectivity index (χ4v) is 2.68. The van der Waals surface area contributed by atoms with Gasteiger partial charge in [0.05, 0.1) is 24.0 Å². The average Bonchev–Trinajstić information content (AvgIpc) is 2.93. The van der Waals surface area contributed by atoms with Crippen molar-refractivity contribution < 1.29 is 20.6 Å². The van der Waals surface area contributed by atoms with Crippen LogP contribution >= 0.6 is 11.6 Å². The van der Waals surface area contributed by atoms with Gasteiger partial charge in [0.25, 0.3) is 5.56 Å². The van der Waals surface area contributed by atoms with Crippen LogP contribution in [0.3, 0.4) is 0 Å². The Morgan fingerprint density at radius 3 is 2.74 bits per heavy atom. The minimum atomic E-state index is -3.98. The first-order chi connectivity index (χ1) is 18.9. The highest BCUT2D eigenvalue weighted by atomic mass is 35.5. The molecular formula is C22H24ClN3O. The summed E-state index contributed by atoms with van der Waals surface area (Å²) in [5.74, 6) is 0. The molecule has 0 bridgehead atoms. The zero-order valence-electron chi connectivity index (χ0n) is 29.1. The zero-order chi connectivity index (χ0) is 32.2. The third-order valence-corrected chi connectivity index (χ3v) is 4.02. The molecule has 1 unspecified atom stereocenters. The Bertz CT molecular complexity index is 1650. The summed E-state index contributed by atoms with van der Waals surface area (Å²) >= 11 is 5.90. The van der Waals surface area contributed by atoms with Crippen LogP contribution in [0.5, 0.6) is 0 Å². The van der Waals surface area contributed by atoms with E-state index in [-0.39, 0.29) is 31.6 Å². The average molecular weight is 397 g/mol. The van der Waals surface area contributed by atoms with Crippen LogP contribution < -0.4 is 5.56 Å². The van der Waals surface area contributed by atoms with E-state index >= 15 is 0 Å². The number of halogens is 1. The molecule has 4 rings (SSSR count). The predicted molar refractivity (Wildman–Crippen MR) is 111 cm³/mol. The molecular weight excluding hydrogens is 358 g/mol.